The van der Waals surface area contributed by atoms with Crippen molar-refractivity contribution in [1.29, 1.82) is 0 Å². The summed E-state index contributed by atoms with van der Waals surface area (Å²) in [7, 11) is 0. The highest BCUT2D eigenvalue weighted by atomic mass is 16.1. The summed E-state index contributed by atoms with van der Waals surface area (Å²) < 4.78 is 1.68. The molecule has 0 aliphatic carbocycles. The van der Waals surface area contributed by atoms with Crippen molar-refractivity contribution in [1.82, 2.24) is 14.5 Å². The van der Waals surface area contributed by atoms with Crippen LogP contribution in [0.5, 0.6) is 0 Å². The van der Waals surface area contributed by atoms with Crippen molar-refractivity contribution in [2.24, 2.45) is 5.73 Å². The third-order valence-corrected chi connectivity index (χ3v) is 3.58. The van der Waals surface area contributed by atoms with Gasteiger partial charge in [-0.2, -0.15) is 0 Å². The molecule has 0 saturated carbocycles. The first-order valence-electron chi connectivity index (χ1n) is 6.25. The van der Waals surface area contributed by atoms with Gasteiger partial charge in [0.2, 0.25) is 11.9 Å². The van der Waals surface area contributed by atoms with Crippen LogP contribution in [0.4, 0.5) is 5.95 Å². The lowest BCUT2D eigenvalue weighted by Gasteiger charge is -2.25. The van der Waals surface area contributed by atoms with Gasteiger partial charge in [-0.25, -0.2) is 4.98 Å². The topological polar surface area (TPSA) is 99.8 Å². The van der Waals surface area contributed by atoms with Crippen LogP contribution in [0, 0.1) is 0 Å². The summed E-state index contributed by atoms with van der Waals surface area (Å²) in [6.07, 6.45) is 1.65. The zero-order valence-electron chi connectivity index (χ0n) is 11.3. The minimum Gasteiger partial charge on any atom is -0.369 e. The third-order valence-electron chi connectivity index (χ3n) is 3.58. The molecule has 0 radical (unpaired) electrons. The van der Waals surface area contributed by atoms with E-state index in [0.717, 1.165) is 16.4 Å². The number of benzene rings is 1. The van der Waals surface area contributed by atoms with Crippen LogP contribution in [0.1, 0.15) is 13.8 Å². The Hall–Kier alpha value is -2.63. The molecule has 1 aromatic carbocycles. The Morgan fingerprint density at radius 3 is 2.65 bits per heavy atom. The molecule has 0 atom stereocenters. The molecular weight excluding hydrogens is 254 g/mol. The Balaban J connectivity index is 2.51. The average molecular weight is 269 g/mol. The molecule has 6 nitrogen and oxygen atoms in total. The zero-order valence-corrected chi connectivity index (χ0v) is 11.3. The molecular formula is C14H15N5O. The molecule has 3 rings (SSSR count). The summed E-state index contributed by atoms with van der Waals surface area (Å²) in [5.74, 6) is -0.216. The normalized spacial score (nSPS) is 12.1. The number of imidazole rings is 1. The third kappa shape index (κ3) is 1.54. The summed E-state index contributed by atoms with van der Waals surface area (Å²) in [4.78, 5) is 20.4. The first-order valence-corrected chi connectivity index (χ1v) is 6.25. The van der Waals surface area contributed by atoms with E-state index in [-0.39, 0.29) is 5.95 Å². The van der Waals surface area contributed by atoms with Crippen LogP contribution >= 0.6 is 0 Å². The number of anilines is 1. The molecule has 6 heteroatoms. The van der Waals surface area contributed by atoms with Gasteiger partial charge >= 0.3 is 0 Å². The molecule has 0 bridgehead atoms. The Bertz CT molecular complexity index is 834. The van der Waals surface area contributed by atoms with Crippen molar-refractivity contribution < 1.29 is 4.79 Å². The van der Waals surface area contributed by atoms with E-state index < -0.39 is 11.4 Å². The van der Waals surface area contributed by atoms with Gasteiger partial charge in [0.05, 0.1) is 17.2 Å². The standard InChI is InChI=1S/C14H15N5O/c1-14(2,12(15)20)19-11-8-5-3-4-6-9(8)17-7-10(11)18-13(19)16/h3-7H,1-2H3,(H2,15,20)(H2,16,18). The largest absolute Gasteiger partial charge is 0.369 e. The Kier molecular flexibility index (Phi) is 2.44. The molecule has 1 amide bonds. The van der Waals surface area contributed by atoms with E-state index in [0.29, 0.717) is 5.52 Å². The lowest BCUT2D eigenvalue weighted by atomic mass is 10.0. The van der Waals surface area contributed by atoms with Gasteiger partial charge in [-0.1, -0.05) is 18.2 Å². The van der Waals surface area contributed by atoms with Gasteiger partial charge in [-0.05, 0) is 19.9 Å². The molecule has 0 spiro atoms. The number of rotatable bonds is 2. The van der Waals surface area contributed by atoms with Gasteiger partial charge in [0.1, 0.15) is 11.1 Å². The summed E-state index contributed by atoms with van der Waals surface area (Å²) in [6, 6.07) is 7.65. The number of pyridine rings is 1. The maximum atomic E-state index is 11.8. The van der Waals surface area contributed by atoms with Crippen LogP contribution in [-0.4, -0.2) is 20.4 Å². The smallest absolute Gasteiger partial charge is 0.243 e. The highest BCUT2D eigenvalue weighted by Gasteiger charge is 2.31. The highest BCUT2D eigenvalue weighted by Crippen LogP contribution is 2.31. The number of hydrogen-bond donors (Lipinski definition) is 2. The summed E-state index contributed by atoms with van der Waals surface area (Å²) >= 11 is 0. The number of aromatic nitrogens is 3. The first kappa shape index (κ1) is 12.4. The van der Waals surface area contributed by atoms with Gasteiger partial charge in [0, 0.05) is 5.39 Å². The Morgan fingerprint density at radius 1 is 1.25 bits per heavy atom. The predicted molar refractivity (Wildman–Crippen MR) is 78.0 cm³/mol. The second kappa shape index (κ2) is 3.93. The Morgan fingerprint density at radius 2 is 1.95 bits per heavy atom. The van der Waals surface area contributed by atoms with Crippen molar-refractivity contribution in [2.45, 2.75) is 19.4 Å². The molecule has 0 fully saturated rings. The molecule has 0 aliphatic heterocycles. The van der Waals surface area contributed by atoms with E-state index in [2.05, 4.69) is 9.97 Å². The molecule has 0 unspecified atom stereocenters. The van der Waals surface area contributed by atoms with Crippen LogP contribution in [-0.2, 0) is 10.3 Å². The molecule has 0 saturated heterocycles. The van der Waals surface area contributed by atoms with E-state index in [1.165, 1.54) is 0 Å². The second-order valence-corrected chi connectivity index (χ2v) is 5.24. The fourth-order valence-electron chi connectivity index (χ4n) is 2.40. The molecule has 102 valence electrons. The number of nitrogens with zero attached hydrogens (tertiary/aromatic N) is 3. The van der Waals surface area contributed by atoms with Gasteiger partial charge in [0.25, 0.3) is 0 Å². The molecule has 20 heavy (non-hydrogen) atoms. The molecule has 3 aromatic rings. The predicted octanol–water partition coefficient (Wildman–Crippen LogP) is 1.39. The van der Waals surface area contributed by atoms with Crippen molar-refractivity contribution in [3.63, 3.8) is 0 Å². The minimum absolute atomic E-state index is 0.252. The maximum absolute atomic E-state index is 11.8. The fourth-order valence-corrected chi connectivity index (χ4v) is 2.40. The number of carbonyl (C=O) groups is 1. The van der Waals surface area contributed by atoms with Gasteiger partial charge in [-0.3, -0.25) is 14.3 Å². The average Bonchev–Trinajstić information content (AvgIpc) is 2.75. The quantitative estimate of drug-likeness (QED) is 0.734. The number of hydrogen-bond acceptors (Lipinski definition) is 4. The molecule has 2 aromatic heterocycles. The maximum Gasteiger partial charge on any atom is 0.243 e. The molecule has 0 aliphatic rings. The number of primary amides is 1. The van der Waals surface area contributed by atoms with Gasteiger partial charge in [0.15, 0.2) is 0 Å². The molecule has 4 N–H and O–H groups in total. The van der Waals surface area contributed by atoms with Gasteiger partial charge < -0.3 is 11.5 Å². The monoisotopic (exact) mass is 269 g/mol. The zero-order chi connectivity index (χ0) is 14.5. The summed E-state index contributed by atoms with van der Waals surface area (Å²) in [6.45, 7) is 3.45. The molecule has 2 heterocycles. The van der Waals surface area contributed by atoms with E-state index in [1.807, 2.05) is 24.3 Å². The number of amides is 1. The number of nitrogens with two attached hydrogens (primary N) is 2. The van der Waals surface area contributed by atoms with Crippen molar-refractivity contribution >= 4 is 33.8 Å². The highest BCUT2D eigenvalue weighted by molar-refractivity contribution is 6.04. The van der Waals surface area contributed by atoms with Crippen LogP contribution in [0.25, 0.3) is 21.9 Å². The van der Waals surface area contributed by atoms with Crippen LogP contribution in [0.3, 0.4) is 0 Å². The number of carbonyl (C=O) groups excluding carboxylic acids is 1. The van der Waals surface area contributed by atoms with Crippen LogP contribution in [0.15, 0.2) is 30.5 Å². The lowest BCUT2D eigenvalue weighted by molar-refractivity contribution is -0.124. The summed E-state index contributed by atoms with van der Waals surface area (Å²) in [5, 5.41) is 0.892. The van der Waals surface area contributed by atoms with E-state index in [4.69, 9.17) is 11.5 Å². The van der Waals surface area contributed by atoms with E-state index >= 15 is 0 Å². The van der Waals surface area contributed by atoms with Crippen LogP contribution in [0.2, 0.25) is 0 Å². The van der Waals surface area contributed by atoms with Crippen molar-refractivity contribution in [2.75, 3.05) is 5.73 Å². The van der Waals surface area contributed by atoms with E-state index in [1.54, 1.807) is 24.6 Å². The Labute approximate surface area is 115 Å². The lowest BCUT2D eigenvalue weighted by Crippen LogP contribution is -2.41. The summed E-state index contributed by atoms with van der Waals surface area (Å²) in [5.41, 5.74) is 12.8. The van der Waals surface area contributed by atoms with Crippen LogP contribution < -0.4 is 11.5 Å². The fraction of sp³-hybridized carbons (Fsp3) is 0.214. The van der Waals surface area contributed by atoms with Gasteiger partial charge in [-0.15, -0.1) is 0 Å². The van der Waals surface area contributed by atoms with Crippen molar-refractivity contribution in [3.05, 3.63) is 30.5 Å². The minimum atomic E-state index is -0.969. The van der Waals surface area contributed by atoms with E-state index in [9.17, 15) is 4.79 Å². The van der Waals surface area contributed by atoms with Crippen molar-refractivity contribution in [3.8, 4) is 0 Å². The SMILES string of the molecule is CC(C)(C(N)=O)n1c(N)nc2cnc3ccccc3c21. The number of para-hydroxylation sites is 1. The first-order chi connectivity index (χ1) is 9.43. The second-order valence-electron chi connectivity index (χ2n) is 5.24. The number of nitrogen functional groups attached to an aromatic ring is 1. The number of fused-ring (bicyclic) bond motifs is 3.